The molecule has 0 saturated carbocycles. The minimum Gasteiger partial charge on any atom is -0.462 e. The highest BCUT2D eigenvalue weighted by molar-refractivity contribution is 7.46. The molecule has 0 heterocycles. The normalized spacial score (nSPS) is 12.5. The van der Waals surface area contributed by atoms with Gasteiger partial charge in [-0.3, -0.25) is 14.1 Å². The first-order valence-corrected chi connectivity index (χ1v) is 20.5. The lowest BCUT2D eigenvalue weighted by Crippen LogP contribution is -2.29. The largest absolute Gasteiger partial charge is 0.469 e. The van der Waals surface area contributed by atoms with E-state index in [0.717, 1.165) is 51.4 Å². The molecule has 0 bridgehead atoms. The molecule has 0 fully saturated rings. The lowest BCUT2D eigenvalue weighted by atomic mass is 10.0. The zero-order valence-corrected chi connectivity index (χ0v) is 30.6. The van der Waals surface area contributed by atoms with Crippen LogP contribution in [0.1, 0.15) is 194 Å². The van der Waals surface area contributed by atoms with Gasteiger partial charge in [0.15, 0.2) is 6.10 Å². The maximum Gasteiger partial charge on any atom is 0.469 e. The number of carbonyl (C=O) groups is 2. The minimum atomic E-state index is -4.74. The molecule has 8 nitrogen and oxygen atoms in total. The van der Waals surface area contributed by atoms with Crippen molar-refractivity contribution in [1.82, 2.24) is 0 Å². The number of allylic oxidation sites excluding steroid dienone is 2. The summed E-state index contributed by atoms with van der Waals surface area (Å²) in [5.74, 6) is -0.887. The summed E-state index contributed by atoms with van der Waals surface area (Å²) in [5, 5.41) is 0. The van der Waals surface area contributed by atoms with Gasteiger partial charge in [-0.1, -0.05) is 154 Å². The van der Waals surface area contributed by atoms with Crippen molar-refractivity contribution in [3.63, 3.8) is 0 Å². The third-order valence-corrected chi connectivity index (χ3v) is 8.77. The van der Waals surface area contributed by atoms with Crippen LogP contribution >= 0.6 is 7.82 Å². The maximum absolute atomic E-state index is 12.3. The SMILES string of the molecule is CCCCCC/C=C/CCCCCCCC(=O)O[C@H](COC(=O)CCCCCCCCCCCCCCCCC)COP(=O)(O)O. The minimum absolute atomic E-state index is 0.206. The van der Waals surface area contributed by atoms with E-state index in [1.165, 1.54) is 109 Å². The smallest absolute Gasteiger partial charge is 0.462 e. The van der Waals surface area contributed by atoms with Crippen LogP contribution in [-0.4, -0.2) is 41.0 Å². The van der Waals surface area contributed by atoms with Gasteiger partial charge in [0.2, 0.25) is 0 Å². The molecule has 0 aliphatic rings. The quantitative estimate of drug-likeness (QED) is 0.0295. The Kier molecular flexibility index (Phi) is 32.8. The standard InChI is InChI=1S/C37H71O8P/c1-3-5-7-9-11-13-15-17-18-20-21-23-25-27-29-31-36(38)43-33-35(34-44-46(40,41)42)45-37(39)32-30-28-26-24-22-19-16-14-12-10-8-6-4-2/h14,16,35H,3-13,15,17-34H2,1-2H3,(H2,40,41,42)/b16-14+/t35-/m1/s1. The molecule has 9 heteroatoms. The fourth-order valence-electron chi connectivity index (χ4n) is 5.43. The summed E-state index contributed by atoms with van der Waals surface area (Å²) in [6.45, 7) is 3.66. The summed E-state index contributed by atoms with van der Waals surface area (Å²) in [6.07, 6.45) is 35.0. The third kappa shape index (κ3) is 35.6. The van der Waals surface area contributed by atoms with Gasteiger partial charge in [-0.05, 0) is 38.5 Å². The van der Waals surface area contributed by atoms with Crippen LogP contribution in [0.15, 0.2) is 12.2 Å². The van der Waals surface area contributed by atoms with Crippen molar-refractivity contribution in [3.05, 3.63) is 12.2 Å². The average Bonchev–Trinajstić information content (AvgIpc) is 3.02. The van der Waals surface area contributed by atoms with E-state index in [-0.39, 0.29) is 19.4 Å². The maximum atomic E-state index is 12.3. The second kappa shape index (κ2) is 33.7. The Labute approximate surface area is 282 Å². The van der Waals surface area contributed by atoms with Crippen molar-refractivity contribution in [3.8, 4) is 0 Å². The van der Waals surface area contributed by atoms with Gasteiger partial charge in [-0.2, -0.15) is 0 Å². The predicted octanol–water partition coefficient (Wildman–Crippen LogP) is 11.1. The molecule has 46 heavy (non-hydrogen) atoms. The molecule has 0 aromatic rings. The van der Waals surface area contributed by atoms with Crippen LogP contribution in [0, 0.1) is 0 Å². The van der Waals surface area contributed by atoms with E-state index >= 15 is 0 Å². The second-order valence-corrected chi connectivity index (χ2v) is 14.1. The molecular weight excluding hydrogens is 603 g/mol. The monoisotopic (exact) mass is 674 g/mol. The van der Waals surface area contributed by atoms with Gasteiger partial charge in [0.05, 0.1) is 6.61 Å². The van der Waals surface area contributed by atoms with Crippen LogP contribution in [0.2, 0.25) is 0 Å². The number of rotatable bonds is 35. The number of hydrogen-bond donors (Lipinski definition) is 2. The van der Waals surface area contributed by atoms with Crippen molar-refractivity contribution < 1.29 is 37.9 Å². The Balaban J connectivity index is 3.94. The van der Waals surface area contributed by atoms with E-state index in [0.29, 0.717) is 6.42 Å². The van der Waals surface area contributed by atoms with E-state index in [9.17, 15) is 14.2 Å². The lowest BCUT2D eigenvalue weighted by molar-refractivity contribution is -0.161. The molecule has 0 amide bonds. The number of phosphoric ester groups is 1. The van der Waals surface area contributed by atoms with Crippen molar-refractivity contribution >= 4 is 19.8 Å². The Morgan fingerprint density at radius 1 is 0.543 bits per heavy atom. The molecule has 0 aliphatic carbocycles. The van der Waals surface area contributed by atoms with Gasteiger partial charge < -0.3 is 19.3 Å². The van der Waals surface area contributed by atoms with E-state index in [1.54, 1.807) is 0 Å². The zero-order chi connectivity index (χ0) is 34.0. The van der Waals surface area contributed by atoms with Gasteiger partial charge in [0.25, 0.3) is 0 Å². The average molecular weight is 675 g/mol. The number of phosphoric acid groups is 1. The van der Waals surface area contributed by atoms with E-state index in [1.807, 2.05) is 0 Å². The van der Waals surface area contributed by atoms with Crippen molar-refractivity contribution in [2.24, 2.45) is 0 Å². The van der Waals surface area contributed by atoms with Crippen molar-refractivity contribution in [2.45, 2.75) is 200 Å². The third-order valence-electron chi connectivity index (χ3n) is 8.28. The molecule has 2 N–H and O–H groups in total. The topological polar surface area (TPSA) is 119 Å². The summed E-state index contributed by atoms with van der Waals surface area (Å²) >= 11 is 0. The summed E-state index contributed by atoms with van der Waals surface area (Å²) in [4.78, 5) is 42.7. The van der Waals surface area contributed by atoms with E-state index in [4.69, 9.17) is 19.3 Å². The molecule has 0 aromatic heterocycles. The highest BCUT2D eigenvalue weighted by Crippen LogP contribution is 2.36. The molecular formula is C37H71O8P. The second-order valence-electron chi connectivity index (χ2n) is 12.9. The highest BCUT2D eigenvalue weighted by Gasteiger charge is 2.22. The fraction of sp³-hybridized carbons (Fsp3) is 0.892. The number of unbranched alkanes of at least 4 members (excludes halogenated alkanes) is 23. The van der Waals surface area contributed by atoms with Crippen LogP contribution < -0.4 is 0 Å². The molecule has 0 aliphatic heterocycles. The molecule has 0 rings (SSSR count). The lowest BCUT2D eigenvalue weighted by Gasteiger charge is -2.18. The molecule has 0 saturated heterocycles. The Morgan fingerprint density at radius 2 is 0.913 bits per heavy atom. The molecule has 0 spiro atoms. The van der Waals surface area contributed by atoms with Gasteiger partial charge in [-0.15, -0.1) is 0 Å². The first-order valence-electron chi connectivity index (χ1n) is 19.0. The Morgan fingerprint density at radius 3 is 1.35 bits per heavy atom. The summed E-state index contributed by atoms with van der Waals surface area (Å²) < 4.78 is 26.3. The first kappa shape index (κ1) is 44.8. The number of ether oxygens (including phenoxy) is 2. The van der Waals surface area contributed by atoms with Crippen LogP contribution in [-0.2, 0) is 28.2 Å². The van der Waals surface area contributed by atoms with Crippen LogP contribution in [0.4, 0.5) is 0 Å². The van der Waals surface area contributed by atoms with Crippen LogP contribution in [0.5, 0.6) is 0 Å². The summed E-state index contributed by atoms with van der Waals surface area (Å²) in [6, 6.07) is 0. The van der Waals surface area contributed by atoms with Gasteiger partial charge >= 0.3 is 19.8 Å². The predicted molar refractivity (Wildman–Crippen MR) is 189 cm³/mol. The van der Waals surface area contributed by atoms with Crippen LogP contribution in [0.25, 0.3) is 0 Å². The van der Waals surface area contributed by atoms with Gasteiger partial charge in [-0.25, -0.2) is 4.57 Å². The number of hydrogen-bond acceptors (Lipinski definition) is 6. The number of esters is 2. The molecule has 1 atom stereocenters. The molecule has 272 valence electrons. The molecule has 0 unspecified atom stereocenters. The Bertz CT molecular complexity index is 766. The van der Waals surface area contributed by atoms with E-state index < -0.39 is 32.5 Å². The fourth-order valence-corrected chi connectivity index (χ4v) is 5.79. The van der Waals surface area contributed by atoms with E-state index in [2.05, 4.69) is 30.5 Å². The summed E-state index contributed by atoms with van der Waals surface area (Å²) in [5.41, 5.74) is 0. The molecule has 0 aromatic carbocycles. The first-order chi connectivity index (χ1) is 22.3. The molecule has 0 radical (unpaired) electrons. The number of carbonyl (C=O) groups excluding carboxylic acids is 2. The van der Waals surface area contributed by atoms with Gasteiger partial charge in [0.1, 0.15) is 6.61 Å². The summed E-state index contributed by atoms with van der Waals surface area (Å²) in [7, 11) is -4.74. The zero-order valence-electron chi connectivity index (χ0n) is 29.7. The van der Waals surface area contributed by atoms with Crippen molar-refractivity contribution in [1.29, 1.82) is 0 Å². The van der Waals surface area contributed by atoms with Gasteiger partial charge in [0, 0.05) is 12.8 Å². The highest BCUT2D eigenvalue weighted by atomic mass is 31.2. The van der Waals surface area contributed by atoms with Crippen LogP contribution in [0.3, 0.4) is 0 Å². The Hall–Kier alpha value is -1.21. The van der Waals surface area contributed by atoms with Crippen molar-refractivity contribution in [2.75, 3.05) is 13.2 Å².